The van der Waals surface area contributed by atoms with E-state index in [9.17, 15) is 0 Å². The Balaban J connectivity index is 3.45. The molecule has 0 heterocycles. The monoisotopic (exact) mass is 126 g/mol. The van der Waals surface area contributed by atoms with E-state index in [2.05, 4.69) is 11.9 Å². The van der Waals surface area contributed by atoms with Gasteiger partial charge in [0.2, 0.25) is 0 Å². The van der Waals surface area contributed by atoms with Gasteiger partial charge in [-0.2, -0.15) is 0 Å². The highest BCUT2D eigenvalue weighted by Gasteiger charge is 1.77. The quantitative estimate of drug-likeness (QED) is 0.449. The summed E-state index contributed by atoms with van der Waals surface area (Å²) in [5.41, 5.74) is 5.38. The Labute approximate surface area is 56.5 Å². The van der Waals surface area contributed by atoms with Crippen LogP contribution >= 0.6 is 0 Å². The third-order valence-corrected chi connectivity index (χ3v) is 1.00. The van der Waals surface area contributed by atoms with E-state index in [4.69, 9.17) is 5.73 Å². The molecule has 0 aliphatic rings. The van der Waals surface area contributed by atoms with Gasteiger partial charge in [0.1, 0.15) is 5.84 Å². The van der Waals surface area contributed by atoms with Crippen molar-refractivity contribution >= 4 is 5.84 Å². The normalized spacial score (nSPS) is 12.9. The summed E-state index contributed by atoms with van der Waals surface area (Å²) < 4.78 is 0. The van der Waals surface area contributed by atoms with Crippen molar-refractivity contribution in [2.75, 3.05) is 7.05 Å². The molecule has 2 nitrogen and oxygen atoms in total. The first-order valence-corrected chi connectivity index (χ1v) is 3.20. The van der Waals surface area contributed by atoms with E-state index in [1.54, 1.807) is 7.05 Å². The van der Waals surface area contributed by atoms with Crippen LogP contribution in [0.1, 0.15) is 19.8 Å². The Morgan fingerprint density at radius 1 is 1.67 bits per heavy atom. The molecule has 0 unspecified atom stereocenters. The molecule has 0 aromatic rings. The summed E-state index contributed by atoms with van der Waals surface area (Å²) in [7, 11) is 1.69. The third-order valence-electron chi connectivity index (χ3n) is 1.00. The SMILES string of the molecule is CCC/C=C\C(N)=N/C. The van der Waals surface area contributed by atoms with Gasteiger partial charge in [-0.15, -0.1) is 0 Å². The summed E-state index contributed by atoms with van der Waals surface area (Å²) in [5.74, 6) is 0.600. The van der Waals surface area contributed by atoms with Crippen LogP contribution in [0.4, 0.5) is 0 Å². The Kier molecular flexibility index (Phi) is 4.88. The number of aliphatic imine (C=N–C) groups is 1. The minimum absolute atomic E-state index is 0.600. The smallest absolute Gasteiger partial charge is 0.117 e. The molecule has 0 amide bonds. The van der Waals surface area contributed by atoms with Crippen LogP contribution in [0, 0.1) is 0 Å². The van der Waals surface area contributed by atoms with Gasteiger partial charge in [0, 0.05) is 7.05 Å². The summed E-state index contributed by atoms with van der Waals surface area (Å²) >= 11 is 0. The van der Waals surface area contributed by atoms with Gasteiger partial charge in [-0.3, -0.25) is 4.99 Å². The van der Waals surface area contributed by atoms with Crippen molar-refractivity contribution in [2.24, 2.45) is 10.7 Å². The summed E-state index contributed by atoms with van der Waals surface area (Å²) in [5, 5.41) is 0. The second-order valence-electron chi connectivity index (χ2n) is 1.84. The van der Waals surface area contributed by atoms with Gasteiger partial charge in [-0.1, -0.05) is 19.4 Å². The lowest BCUT2D eigenvalue weighted by molar-refractivity contribution is 0.959. The Hall–Kier alpha value is -0.790. The molecule has 0 fully saturated rings. The third kappa shape index (κ3) is 5.07. The largest absolute Gasteiger partial charge is 0.384 e. The van der Waals surface area contributed by atoms with Crippen molar-refractivity contribution in [1.82, 2.24) is 0 Å². The summed E-state index contributed by atoms with van der Waals surface area (Å²) in [6.45, 7) is 2.13. The first kappa shape index (κ1) is 8.21. The molecule has 0 atom stereocenters. The first-order chi connectivity index (χ1) is 4.31. The zero-order valence-electron chi connectivity index (χ0n) is 6.09. The summed E-state index contributed by atoms with van der Waals surface area (Å²) in [6, 6.07) is 0. The van der Waals surface area contributed by atoms with Crippen molar-refractivity contribution in [3.8, 4) is 0 Å². The van der Waals surface area contributed by atoms with Crippen LogP contribution in [0.2, 0.25) is 0 Å². The molecule has 9 heavy (non-hydrogen) atoms. The van der Waals surface area contributed by atoms with Gasteiger partial charge in [0.05, 0.1) is 0 Å². The Bertz CT molecular complexity index is 114. The van der Waals surface area contributed by atoms with Crippen LogP contribution in [-0.2, 0) is 0 Å². The van der Waals surface area contributed by atoms with Crippen molar-refractivity contribution in [3.63, 3.8) is 0 Å². The standard InChI is InChI=1S/C7H14N2/c1-3-4-5-6-7(8)9-2/h5-6H,3-4H2,1-2H3,(H2,8,9)/b6-5-. The molecule has 2 heteroatoms. The minimum atomic E-state index is 0.600. The van der Waals surface area contributed by atoms with Crippen molar-refractivity contribution in [3.05, 3.63) is 12.2 Å². The molecular formula is C7H14N2. The summed E-state index contributed by atoms with van der Waals surface area (Å²) in [6.07, 6.45) is 6.11. The van der Waals surface area contributed by atoms with E-state index in [-0.39, 0.29) is 0 Å². The van der Waals surface area contributed by atoms with Crippen LogP contribution in [0.15, 0.2) is 17.1 Å². The number of rotatable bonds is 3. The Morgan fingerprint density at radius 3 is 2.78 bits per heavy atom. The molecule has 52 valence electrons. The number of nitrogens with two attached hydrogens (primary N) is 1. The number of hydrogen-bond acceptors (Lipinski definition) is 1. The molecular weight excluding hydrogens is 112 g/mol. The van der Waals surface area contributed by atoms with Crippen LogP contribution in [0.25, 0.3) is 0 Å². The molecule has 0 bridgehead atoms. The molecule has 0 saturated heterocycles. The van der Waals surface area contributed by atoms with E-state index < -0.39 is 0 Å². The van der Waals surface area contributed by atoms with E-state index >= 15 is 0 Å². The van der Waals surface area contributed by atoms with Gasteiger partial charge in [0.15, 0.2) is 0 Å². The van der Waals surface area contributed by atoms with Crippen LogP contribution in [0.5, 0.6) is 0 Å². The molecule has 0 saturated carbocycles. The molecule has 0 aromatic heterocycles. The Morgan fingerprint density at radius 2 is 2.33 bits per heavy atom. The highest BCUT2D eigenvalue weighted by atomic mass is 14.8. The number of amidine groups is 1. The van der Waals surface area contributed by atoms with Gasteiger partial charge < -0.3 is 5.73 Å². The molecule has 0 aromatic carbocycles. The lowest BCUT2D eigenvalue weighted by atomic mass is 10.3. The number of unbranched alkanes of at least 4 members (excludes halogenated alkanes) is 1. The predicted molar refractivity (Wildman–Crippen MR) is 41.6 cm³/mol. The maximum Gasteiger partial charge on any atom is 0.117 e. The molecule has 0 radical (unpaired) electrons. The van der Waals surface area contributed by atoms with Crippen LogP contribution in [0.3, 0.4) is 0 Å². The average molecular weight is 126 g/mol. The lowest BCUT2D eigenvalue weighted by Crippen LogP contribution is -2.06. The number of hydrogen-bond donors (Lipinski definition) is 1. The number of nitrogens with zero attached hydrogens (tertiary/aromatic N) is 1. The number of allylic oxidation sites excluding steroid dienone is 1. The topological polar surface area (TPSA) is 38.4 Å². The highest BCUT2D eigenvalue weighted by molar-refractivity contribution is 5.91. The van der Waals surface area contributed by atoms with Gasteiger partial charge in [-0.25, -0.2) is 0 Å². The van der Waals surface area contributed by atoms with Gasteiger partial charge in [-0.05, 0) is 12.5 Å². The lowest BCUT2D eigenvalue weighted by Gasteiger charge is -1.86. The van der Waals surface area contributed by atoms with E-state index in [0.717, 1.165) is 12.8 Å². The highest BCUT2D eigenvalue weighted by Crippen LogP contribution is 1.87. The van der Waals surface area contributed by atoms with E-state index in [1.165, 1.54) is 0 Å². The second kappa shape index (κ2) is 5.35. The van der Waals surface area contributed by atoms with Crippen LogP contribution in [-0.4, -0.2) is 12.9 Å². The van der Waals surface area contributed by atoms with E-state index in [0.29, 0.717) is 5.84 Å². The predicted octanol–water partition coefficient (Wildman–Crippen LogP) is 1.33. The minimum Gasteiger partial charge on any atom is -0.384 e. The molecule has 0 spiro atoms. The molecule has 0 rings (SSSR count). The zero-order chi connectivity index (χ0) is 7.11. The first-order valence-electron chi connectivity index (χ1n) is 3.20. The molecule has 2 N–H and O–H groups in total. The summed E-state index contributed by atoms with van der Waals surface area (Å²) in [4.78, 5) is 3.77. The van der Waals surface area contributed by atoms with Crippen LogP contribution < -0.4 is 5.73 Å². The average Bonchev–Trinajstić information content (AvgIpc) is 1.89. The second-order valence-corrected chi connectivity index (χ2v) is 1.84. The van der Waals surface area contributed by atoms with Crippen molar-refractivity contribution in [2.45, 2.75) is 19.8 Å². The fourth-order valence-corrected chi connectivity index (χ4v) is 0.445. The fraction of sp³-hybridized carbons (Fsp3) is 0.571. The van der Waals surface area contributed by atoms with E-state index in [1.807, 2.05) is 12.2 Å². The fourth-order valence-electron chi connectivity index (χ4n) is 0.445. The maximum atomic E-state index is 5.38. The van der Waals surface area contributed by atoms with Gasteiger partial charge >= 0.3 is 0 Å². The maximum absolute atomic E-state index is 5.38. The van der Waals surface area contributed by atoms with Crippen molar-refractivity contribution < 1.29 is 0 Å². The molecule has 0 aliphatic carbocycles. The van der Waals surface area contributed by atoms with Crippen molar-refractivity contribution in [1.29, 1.82) is 0 Å². The molecule has 0 aliphatic heterocycles. The van der Waals surface area contributed by atoms with Gasteiger partial charge in [0.25, 0.3) is 0 Å². The zero-order valence-corrected chi connectivity index (χ0v) is 6.09.